The predicted molar refractivity (Wildman–Crippen MR) is 124 cm³/mol. The molecule has 1 heterocycles. The number of methoxy groups -OCH3 is 1. The van der Waals surface area contributed by atoms with Crippen molar-refractivity contribution < 1.29 is 9.47 Å². The second kappa shape index (κ2) is 14.0. The molecule has 0 amide bonds. The predicted octanol–water partition coefficient (Wildman–Crippen LogP) is 3.44. The Morgan fingerprint density at radius 3 is 2.93 bits per heavy atom. The van der Waals surface area contributed by atoms with Crippen LogP contribution in [-0.4, -0.2) is 64.4 Å². The van der Waals surface area contributed by atoms with E-state index in [1.807, 2.05) is 24.3 Å². The van der Waals surface area contributed by atoms with Gasteiger partial charge in [-0.15, -0.1) is 24.0 Å². The molecule has 1 atom stereocenters. The molecule has 6 nitrogen and oxygen atoms in total. The van der Waals surface area contributed by atoms with Crippen molar-refractivity contribution >= 4 is 35.6 Å². The van der Waals surface area contributed by atoms with Gasteiger partial charge in [0.25, 0.3) is 0 Å². The lowest BCUT2D eigenvalue weighted by Gasteiger charge is -2.17. The first-order valence-electron chi connectivity index (χ1n) is 9.67. The number of nitrogens with one attached hydrogen (secondary N) is 2. The molecule has 1 fully saturated rings. The zero-order valence-electron chi connectivity index (χ0n) is 16.9. The third-order valence-corrected chi connectivity index (χ3v) is 4.55. The fourth-order valence-electron chi connectivity index (χ4n) is 3.21. The molecule has 154 valence electrons. The third-order valence-electron chi connectivity index (χ3n) is 4.55. The van der Waals surface area contributed by atoms with E-state index in [9.17, 15) is 0 Å². The van der Waals surface area contributed by atoms with Crippen LogP contribution in [0.2, 0.25) is 0 Å². The Bertz CT molecular complexity index is 557. The number of nitrogens with zero attached hydrogens (tertiary/aromatic N) is 2. The van der Waals surface area contributed by atoms with E-state index >= 15 is 0 Å². The lowest BCUT2D eigenvalue weighted by Crippen LogP contribution is -2.35. The van der Waals surface area contributed by atoms with Crippen molar-refractivity contribution in [2.24, 2.45) is 10.9 Å². The first kappa shape index (κ1) is 24.0. The van der Waals surface area contributed by atoms with Crippen LogP contribution in [0.15, 0.2) is 29.3 Å². The molecule has 0 bridgehead atoms. The van der Waals surface area contributed by atoms with Crippen LogP contribution in [0.25, 0.3) is 0 Å². The largest absolute Gasteiger partial charge is 0.493 e. The zero-order chi connectivity index (χ0) is 18.6. The summed E-state index contributed by atoms with van der Waals surface area (Å²) in [6.45, 7) is 8.17. The molecule has 0 spiro atoms. The van der Waals surface area contributed by atoms with E-state index in [0.29, 0.717) is 19.1 Å². The molecule has 0 aliphatic carbocycles. The van der Waals surface area contributed by atoms with Crippen LogP contribution in [-0.2, 0) is 4.74 Å². The van der Waals surface area contributed by atoms with Crippen LogP contribution in [0.1, 0.15) is 26.2 Å². The molecule has 1 aromatic carbocycles. The summed E-state index contributed by atoms with van der Waals surface area (Å²) >= 11 is 0. The van der Waals surface area contributed by atoms with E-state index in [1.165, 1.54) is 32.5 Å². The van der Waals surface area contributed by atoms with Gasteiger partial charge in [-0.1, -0.05) is 13.0 Å². The SMILES string of the molecule is CCCN1CCC(CNC(=NC)Nc2cccc(OCCCOC)c2)C1.I. The number of anilines is 1. The number of benzene rings is 1. The van der Waals surface area contributed by atoms with Gasteiger partial charge >= 0.3 is 0 Å². The summed E-state index contributed by atoms with van der Waals surface area (Å²) in [5.74, 6) is 2.35. The van der Waals surface area contributed by atoms with E-state index in [0.717, 1.165) is 30.4 Å². The van der Waals surface area contributed by atoms with E-state index in [1.54, 1.807) is 14.2 Å². The lowest BCUT2D eigenvalue weighted by molar-refractivity contribution is 0.172. The molecule has 27 heavy (non-hydrogen) atoms. The number of hydrogen-bond acceptors (Lipinski definition) is 4. The lowest BCUT2D eigenvalue weighted by atomic mass is 10.1. The normalized spacial score (nSPS) is 17.4. The maximum Gasteiger partial charge on any atom is 0.195 e. The summed E-state index contributed by atoms with van der Waals surface area (Å²) in [4.78, 5) is 6.89. The fraction of sp³-hybridized carbons (Fsp3) is 0.650. The second-order valence-electron chi connectivity index (χ2n) is 6.76. The van der Waals surface area contributed by atoms with Crippen molar-refractivity contribution in [1.82, 2.24) is 10.2 Å². The van der Waals surface area contributed by atoms with Gasteiger partial charge in [-0.25, -0.2) is 0 Å². The van der Waals surface area contributed by atoms with Crippen molar-refractivity contribution in [2.45, 2.75) is 26.2 Å². The Balaban J connectivity index is 0.00000364. The first-order valence-corrected chi connectivity index (χ1v) is 9.67. The summed E-state index contributed by atoms with van der Waals surface area (Å²) in [5.41, 5.74) is 0.973. The molecule has 1 unspecified atom stereocenters. The Labute approximate surface area is 181 Å². The van der Waals surface area contributed by atoms with E-state index in [4.69, 9.17) is 9.47 Å². The number of halogens is 1. The first-order chi connectivity index (χ1) is 12.7. The van der Waals surface area contributed by atoms with Gasteiger partial charge in [-0.3, -0.25) is 4.99 Å². The van der Waals surface area contributed by atoms with Crippen molar-refractivity contribution in [3.8, 4) is 5.75 Å². The van der Waals surface area contributed by atoms with Crippen molar-refractivity contribution in [1.29, 1.82) is 0 Å². The van der Waals surface area contributed by atoms with Gasteiger partial charge in [0, 0.05) is 52.0 Å². The van der Waals surface area contributed by atoms with Crippen LogP contribution in [0.4, 0.5) is 5.69 Å². The number of ether oxygens (including phenoxy) is 2. The average molecular weight is 490 g/mol. The minimum atomic E-state index is 0. The van der Waals surface area contributed by atoms with Gasteiger partial charge in [0.05, 0.1) is 6.61 Å². The van der Waals surface area contributed by atoms with Gasteiger partial charge in [-0.2, -0.15) is 0 Å². The van der Waals surface area contributed by atoms with Crippen molar-refractivity contribution in [2.75, 3.05) is 58.9 Å². The van der Waals surface area contributed by atoms with Crippen LogP contribution in [0.3, 0.4) is 0 Å². The topological polar surface area (TPSA) is 58.1 Å². The van der Waals surface area contributed by atoms with Crippen molar-refractivity contribution in [3.63, 3.8) is 0 Å². The van der Waals surface area contributed by atoms with Crippen LogP contribution >= 0.6 is 24.0 Å². The summed E-state index contributed by atoms with van der Waals surface area (Å²) < 4.78 is 10.8. The summed E-state index contributed by atoms with van der Waals surface area (Å²) in [6.07, 6.45) is 3.37. The minimum absolute atomic E-state index is 0. The molecule has 1 saturated heterocycles. The van der Waals surface area contributed by atoms with E-state index < -0.39 is 0 Å². The molecule has 2 N–H and O–H groups in total. The highest BCUT2D eigenvalue weighted by Crippen LogP contribution is 2.18. The zero-order valence-corrected chi connectivity index (χ0v) is 19.2. The molecule has 1 aliphatic heterocycles. The smallest absolute Gasteiger partial charge is 0.195 e. The minimum Gasteiger partial charge on any atom is -0.493 e. The second-order valence-corrected chi connectivity index (χ2v) is 6.76. The van der Waals surface area contributed by atoms with Crippen LogP contribution in [0.5, 0.6) is 5.75 Å². The summed E-state index contributed by atoms with van der Waals surface area (Å²) in [6, 6.07) is 7.97. The Morgan fingerprint density at radius 1 is 1.33 bits per heavy atom. The fourth-order valence-corrected chi connectivity index (χ4v) is 3.21. The standard InChI is InChI=1S/C20H34N4O2.HI/c1-4-10-24-11-9-17(16-24)15-22-20(21-2)23-18-7-5-8-19(14-18)26-13-6-12-25-3;/h5,7-8,14,17H,4,6,9-13,15-16H2,1-3H3,(H2,21,22,23);1H. The quantitative estimate of drug-likeness (QED) is 0.228. The summed E-state index contributed by atoms with van der Waals surface area (Å²) in [7, 11) is 3.51. The highest BCUT2D eigenvalue weighted by Gasteiger charge is 2.21. The van der Waals surface area contributed by atoms with Gasteiger partial charge in [0.2, 0.25) is 0 Å². The maximum atomic E-state index is 5.75. The van der Waals surface area contributed by atoms with E-state index in [2.05, 4.69) is 27.4 Å². The molecule has 0 saturated carbocycles. The molecular formula is C20H35IN4O2. The molecule has 2 rings (SSSR count). The number of hydrogen-bond donors (Lipinski definition) is 2. The molecular weight excluding hydrogens is 455 g/mol. The van der Waals surface area contributed by atoms with Gasteiger partial charge in [0.15, 0.2) is 5.96 Å². The van der Waals surface area contributed by atoms with Gasteiger partial charge < -0.3 is 25.0 Å². The highest BCUT2D eigenvalue weighted by molar-refractivity contribution is 14.0. The Kier molecular flexibility index (Phi) is 12.4. The Morgan fingerprint density at radius 2 is 2.19 bits per heavy atom. The molecule has 0 radical (unpaired) electrons. The Hall–Kier alpha value is -1.06. The number of aliphatic imine (C=N–C) groups is 1. The molecule has 1 aromatic rings. The molecule has 7 heteroatoms. The van der Waals surface area contributed by atoms with Gasteiger partial charge in [0.1, 0.15) is 5.75 Å². The number of likely N-dealkylation sites (tertiary alicyclic amines) is 1. The monoisotopic (exact) mass is 490 g/mol. The van der Waals surface area contributed by atoms with E-state index in [-0.39, 0.29) is 24.0 Å². The van der Waals surface area contributed by atoms with Crippen LogP contribution < -0.4 is 15.4 Å². The average Bonchev–Trinajstić information content (AvgIpc) is 3.10. The number of guanidine groups is 1. The van der Waals surface area contributed by atoms with Crippen LogP contribution in [0, 0.1) is 5.92 Å². The molecule has 1 aliphatic rings. The third kappa shape index (κ3) is 9.12. The maximum absolute atomic E-state index is 5.75. The van der Waals surface area contributed by atoms with Crippen molar-refractivity contribution in [3.05, 3.63) is 24.3 Å². The highest BCUT2D eigenvalue weighted by atomic mass is 127. The summed E-state index contributed by atoms with van der Waals surface area (Å²) in [5, 5.41) is 6.81. The molecule has 0 aromatic heterocycles. The van der Waals surface area contributed by atoms with Gasteiger partial charge in [-0.05, 0) is 44.0 Å². The number of rotatable bonds is 10.